The summed E-state index contributed by atoms with van der Waals surface area (Å²) in [4.78, 5) is 26.7. The van der Waals surface area contributed by atoms with Crippen LogP contribution < -0.4 is 15.4 Å². The quantitative estimate of drug-likeness (QED) is 0.684. The Morgan fingerprint density at radius 2 is 1.66 bits per heavy atom. The molecule has 0 aliphatic carbocycles. The fraction of sp³-hybridized carbons (Fsp3) is 0.391. The Hall–Kier alpha value is -2.86. The van der Waals surface area contributed by atoms with Crippen LogP contribution in [0.3, 0.4) is 0 Å². The highest BCUT2D eigenvalue weighted by Gasteiger charge is 2.24. The zero-order valence-electron chi connectivity index (χ0n) is 16.9. The zero-order chi connectivity index (χ0) is 20.5. The predicted octanol–water partition coefficient (Wildman–Crippen LogP) is 2.31. The van der Waals surface area contributed by atoms with Gasteiger partial charge in [0.2, 0.25) is 11.8 Å². The van der Waals surface area contributed by atoms with E-state index in [1.165, 1.54) is 12.8 Å². The van der Waals surface area contributed by atoms with Crippen LogP contribution in [-0.2, 0) is 16.0 Å². The lowest BCUT2D eigenvalue weighted by Gasteiger charge is -2.28. The van der Waals surface area contributed by atoms with Crippen molar-refractivity contribution >= 4 is 11.8 Å². The van der Waals surface area contributed by atoms with Crippen molar-refractivity contribution in [3.05, 3.63) is 65.7 Å². The summed E-state index contributed by atoms with van der Waals surface area (Å²) in [6.07, 6.45) is 2.63. The average molecular weight is 396 g/mol. The van der Waals surface area contributed by atoms with Gasteiger partial charge < -0.3 is 15.4 Å². The first kappa shape index (κ1) is 20.9. The molecule has 154 valence electrons. The van der Waals surface area contributed by atoms with Crippen LogP contribution in [-0.4, -0.2) is 50.0 Å². The van der Waals surface area contributed by atoms with Gasteiger partial charge in [0.15, 0.2) is 0 Å². The standard InChI is InChI=1S/C23H29N3O3/c1-29-20-11-9-19(10-12-20)21(26-13-5-6-14-26)16-24-23(28)17-25-22(27)15-18-7-3-2-4-8-18/h2-4,7-12,21H,5-6,13-17H2,1H3,(H,24,28)(H,25,27). The molecule has 3 rings (SSSR count). The number of nitrogens with one attached hydrogen (secondary N) is 2. The van der Waals surface area contributed by atoms with E-state index in [0.717, 1.165) is 30.0 Å². The SMILES string of the molecule is COc1ccc(C(CNC(=O)CNC(=O)Cc2ccccc2)N2CCCC2)cc1. The van der Waals surface area contributed by atoms with Crippen molar-refractivity contribution in [3.8, 4) is 5.75 Å². The molecule has 1 fully saturated rings. The number of ether oxygens (including phenoxy) is 1. The number of hydrogen-bond acceptors (Lipinski definition) is 4. The summed E-state index contributed by atoms with van der Waals surface area (Å²) in [5.74, 6) is 0.487. The summed E-state index contributed by atoms with van der Waals surface area (Å²) < 4.78 is 5.25. The molecule has 29 heavy (non-hydrogen) atoms. The van der Waals surface area contributed by atoms with Crippen molar-refractivity contribution in [1.29, 1.82) is 0 Å². The molecule has 1 aliphatic heterocycles. The minimum absolute atomic E-state index is 0.0129. The van der Waals surface area contributed by atoms with Gasteiger partial charge in [0.25, 0.3) is 0 Å². The zero-order valence-corrected chi connectivity index (χ0v) is 16.9. The highest BCUT2D eigenvalue weighted by atomic mass is 16.5. The maximum Gasteiger partial charge on any atom is 0.239 e. The molecule has 1 aliphatic rings. The van der Waals surface area contributed by atoms with Gasteiger partial charge in [0.1, 0.15) is 5.75 Å². The Morgan fingerprint density at radius 3 is 2.31 bits per heavy atom. The second-order valence-corrected chi connectivity index (χ2v) is 7.28. The third-order valence-corrected chi connectivity index (χ3v) is 5.23. The monoisotopic (exact) mass is 395 g/mol. The smallest absolute Gasteiger partial charge is 0.239 e. The van der Waals surface area contributed by atoms with E-state index < -0.39 is 0 Å². The van der Waals surface area contributed by atoms with Gasteiger partial charge in [0, 0.05) is 6.54 Å². The van der Waals surface area contributed by atoms with E-state index in [4.69, 9.17) is 4.74 Å². The molecule has 6 nitrogen and oxygen atoms in total. The molecule has 1 unspecified atom stereocenters. The van der Waals surface area contributed by atoms with Gasteiger partial charge in [-0.2, -0.15) is 0 Å². The first-order chi connectivity index (χ1) is 14.2. The van der Waals surface area contributed by atoms with Gasteiger partial charge in [-0.05, 0) is 49.2 Å². The highest BCUT2D eigenvalue weighted by Crippen LogP contribution is 2.26. The second kappa shape index (κ2) is 10.6. The molecule has 1 atom stereocenters. The number of likely N-dealkylation sites (tertiary alicyclic amines) is 1. The molecule has 1 heterocycles. The van der Waals surface area contributed by atoms with E-state index in [1.54, 1.807) is 7.11 Å². The van der Waals surface area contributed by atoms with Gasteiger partial charge in [-0.3, -0.25) is 14.5 Å². The van der Waals surface area contributed by atoms with Crippen LogP contribution in [0.4, 0.5) is 0 Å². The highest BCUT2D eigenvalue weighted by molar-refractivity contribution is 5.85. The lowest BCUT2D eigenvalue weighted by molar-refractivity contribution is -0.125. The molecule has 0 bridgehead atoms. The first-order valence-corrected chi connectivity index (χ1v) is 10.1. The first-order valence-electron chi connectivity index (χ1n) is 10.1. The van der Waals surface area contributed by atoms with E-state index in [-0.39, 0.29) is 30.8 Å². The van der Waals surface area contributed by atoms with Gasteiger partial charge in [0.05, 0.1) is 26.1 Å². The topological polar surface area (TPSA) is 70.7 Å². The Labute approximate surface area is 172 Å². The van der Waals surface area contributed by atoms with Crippen LogP contribution in [0.2, 0.25) is 0 Å². The van der Waals surface area contributed by atoms with E-state index in [1.807, 2.05) is 42.5 Å². The lowest BCUT2D eigenvalue weighted by atomic mass is 10.1. The summed E-state index contributed by atoms with van der Waals surface area (Å²) in [5, 5.41) is 5.68. The fourth-order valence-corrected chi connectivity index (χ4v) is 3.63. The molecule has 2 amide bonds. The third kappa shape index (κ3) is 6.32. The number of nitrogens with zero attached hydrogens (tertiary/aromatic N) is 1. The van der Waals surface area contributed by atoms with Gasteiger partial charge in [-0.1, -0.05) is 42.5 Å². The molecular formula is C23H29N3O3. The van der Waals surface area contributed by atoms with Crippen molar-refractivity contribution in [2.75, 3.05) is 33.3 Å². The van der Waals surface area contributed by atoms with Crippen LogP contribution in [0.15, 0.2) is 54.6 Å². The molecule has 0 saturated carbocycles. The Morgan fingerprint density at radius 1 is 0.966 bits per heavy atom. The normalized spacial score (nSPS) is 14.9. The van der Waals surface area contributed by atoms with E-state index in [9.17, 15) is 9.59 Å². The molecule has 0 spiro atoms. The number of benzene rings is 2. The molecule has 0 radical (unpaired) electrons. The van der Waals surface area contributed by atoms with Crippen molar-refractivity contribution in [2.24, 2.45) is 0 Å². The number of hydrogen-bond donors (Lipinski definition) is 2. The number of rotatable bonds is 9. The summed E-state index contributed by atoms with van der Waals surface area (Å²) in [6, 6.07) is 17.6. The van der Waals surface area contributed by atoms with Crippen LogP contribution in [0, 0.1) is 0 Å². The minimum atomic E-state index is -0.177. The summed E-state index contributed by atoms with van der Waals surface area (Å²) in [7, 11) is 1.65. The van der Waals surface area contributed by atoms with Crippen LogP contribution >= 0.6 is 0 Å². The summed E-state index contributed by atoms with van der Waals surface area (Å²) in [6.45, 7) is 2.56. The number of carbonyl (C=O) groups is 2. The summed E-state index contributed by atoms with van der Waals surface area (Å²) in [5.41, 5.74) is 2.08. The molecule has 0 aromatic heterocycles. The van der Waals surface area contributed by atoms with Crippen LogP contribution in [0.5, 0.6) is 5.75 Å². The van der Waals surface area contributed by atoms with Crippen molar-refractivity contribution in [3.63, 3.8) is 0 Å². The predicted molar refractivity (Wildman–Crippen MR) is 113 cm³/mol. The van der Waals surface area contributed by atoms with Crippen molar-refractivity contribution in [2.45, 2.75) is 25.3 Å². The van der Waals surface area contributed by atoms with Gasteiger partial charge in [-0.15, -0.1) is 0 Å². The van der Waals surface area contributed by atoms with Crippen molar-refractivity contribution < 1.29 is 14.3 Å². The second-order valence-electron chi connectivity index (χ2n) is 7.28. The lowest BCUT2D eigenvalue weighted by Crippen LogP contribution is -2.41. The minimum Gasteiger partial charge on any atom is -0.497 e. The number of methoxy groups -OCH3 is 1. The van der Waals surface area contributed by atoms with E-state index in [2.05, 4.69) is 27.7 Å². The molecule has 1 saturated heterocycles. The molecular weight excluding hydrogens is 366 g/mol. The maximum atomic E-state index is 12.3. The molecule has 2 N–H and O–H groups in total. The fourth-order valence-electron chi connectivity index (χ4n) is 3.63. The van der Waals surface area contributed by atoms with Gasteiger partial charge in [-0.25, -0.2) is 0 Å². The van der Waals surface area contributed by atoms with E-state index >= 15 is 0 Å². The Kier molecular flexibility index (Phi) is 7.64. The number of carbonyl (C=O) groups excluding carboxylic acids is 2. The molecule has 6 heteroatoms. The Bertz CT molecular complexity index is 787. The molecule has 2 aromatic carbocycles. The third-order valence-electron chi connectivity index (χ3n) is 5.23. The number of amides is 2. The van der Waals surface area contributed by atoms with Crippen LogP contribution in [0.1, 0.15) is 30.0 Å². The van der Waals surface area contributed by atoms with E-state index in [0.29, 0.717) is 6.54 Å². The summed E-state index contributed by atoms with van der Waals surface area (Å²) >= 11 is 0. The maximum absolute atomic E-state index is 12.3. The Balaban J connectivity index is 1.50. The average Bonchev–Trinajstić information content (AvgIpc) is 3.28. The van der Waals surface area contributed by atoms with Gasteiger partial charge >= 0.3 is 0 Å². The van der Waals surface area contributed by atoms with Crippen LogP contribution in [0.25, 0.3) is 0 Å². The molecule has 2 aromatic rings. The largest absolute Gasteiger partial charge is 0.497 e. The van der Waals surface area contributed by atoms with Crippen molar-refractivity contribution in [1.82, 2.24) is 15.5 Å².